The number of nitrogens with zero attached hydrogens (tertiary/aromatic N) is 1. The van der Waals surface area contributed by atoms with Gasteiger partial charge in [0, 0.05) is 23.1 Å². The van der Waals surface area contributed by atoms with E-state index in [4.69, 9.17) is 0 Å². The van der Waals surface area contributed by atoms with Gasteiger partial charge in [0.15, 0.2) is 15.0 Å². The fourth-order valence-electron chi connectivity index (χ4n) is 2.89. The summed E-state index contributed by atoms with van der Waals surface area (Å²) in [6.45, 7) is 0. The largest absolute Gasteiger partial charge is 0.322 e. The van der Waals surface area contributed by atoms with Crippen LogP contribution < -0.4 is 10.6 Å². The molecule has 1 heterocycles. The number of aromatic nitrogens is 1. The van der Waals surface area contributed by atoms with Crippen molar-refractivity contribution in [3.05, 3.63) is 83.9 Å². The molecule has 0 aliphatic heterocycles. The summed E-state index contributed by atoms with van der Waals surface area (Å²) in [6.07, 6.45) is 1.14. The maximum absolute atomic E-state index is 12.7. The Kier molecular flexibility index (Phi) is 5.53. The number of nitrogens with one attached hydrogen (secondary N) is 2. The molecule has 9 heteroatoms. The molecule has 3 aromatic carbocycles. The van der Waals surface area contributed by atoms with E-state index in [1.54, 1.807) is 54.6 Å². The van der Waals surface area contributed by atoms with Crippen molar-refractivity contribution in [2.24, 2.45) is 0 Å². The first kappa shape index (κ1) is 20.7. The third kappa shape index (κ3) is 4.79. The van der Waals surface area contributed by atoms with Crippen molar-refractivity contribution >= 4 is 54.0 Å². The number of thiazole rings is 1. The lowest BCUT2D eigenvalue weighted by Gasteiger charge is -2.07. The Morgan fingerprint density at radius 1 is 0.839 bits per heavy atom. The first-order chi connectivity index (χ1) is 14.8. The molecular formula is C22H17N3O4S2. The molecule has 0 aliphatic rings. The van der Waals surface area contributed by atoms with E-state index in [0.717, 1.165) is 6.26 Å². The molecule has 0 fully saturated rings. The summed E-state index contributed by atoms with van der Waals surface area (Å²) in [5.74, 6) is -0.663. The highest BCUT2D eigenvalue weighted by Gasteiger charge is 2.14. The zero-order valence-electron chi connectivity index (χ0n) is 16.3. The standard InChI is InChI=1S/C22H17N3O4S2/c1-31(28,29)17-10-11-18-19(13-17)30-22(24-18)25-21(27)15-8-5-9-16(12-15)23-20(26)14-6-3-2-4-7-14/h2-13H,1H3,(H,23,26)(H,24,25,27). The maximum Gasteiger partial charge on any atom is 0.257 e. The van der Waals surface area contributed by atoms with Crippen LogP contribution in [-0.4, -0.2) is 31.5 Å². The van der Waals surface area contributed by atoms with Gasteiger partial charge in [-0.3, -0.25) is 14.9 Å². The van der Waals surface area contributed by atoms with Gasteiger partial charge in [-0.1, -0.05) is 35.6 Å². The van der Waals surface area contributed by atoms with E-state index < -0.39 is 15.7 Å². The summed E-state index contributed by atoms with van der Waals surface area (Å²) in [5.41, 5.74) is 1.95. The highest BCUT2D eigenvalue weighted by atomic mass is 32.2. The Morgan fingerprint density at radius 3 is 2.29 bits per heavy atom. The summed E-state index contributed by atoms with van der Waals surface area (Å²) in [7, 11) is -3.33. The lowest BCUT2D eigenvalue weighted by atomic mass is 10.1. The first-order valence-electron chi connectivity index (χ1n) is 9.18. The molecule has 156 valence electrons. The van der Waals surface area contributed by atoms with Gasteiger partial charge in [0.05, 0.1) is 15.1 Å². The van der Waals surface area contributed by atoms with Gasteiger partial charge in [-0.15, -0.1) is 0 Å². The molecule has 0 unspecified atom stereocenters. The number of amides is 2. The van der Waals surface area contributed by atoms with Gasteiger partial charge in [0.1, 0.15) is 0 Å². The van der Waals surface area contributed by atoms with Crippen LogP contribution in [0.25, 0.3) is 10.2 Å². The van der Waals surface area contributed by atoms with E-state index in [2.05, 4.69) is 15.6 Å². The van der Waals surface area contributed by atoms with Crippen LogP contribution in [0.4, 0.5) is 10.8 Å². The predicted octanol–water partition coefficient (Wildman–Crippen LogP) is 4.20. The monoisotopic (exact) mass is 451 g/mol. The average molecular weight is 452 g/mol. The van der Waals surface area contributed by atoms with Gasteiger partial charge in [0.2, 0.25) is 0 Å². The van der Waals surface area contributed by atoms with E-state index in [0.29, 0.717) is 32.2 Å². The fourth-order valence-corrected chi connectivity index (χ4v) is 4.51. The molecule has 0 radical (unpaired) electrons. The van der Waals surface area contributed by atoms with Gasteiger partial charge in [-0.25, -0.2) is 13.4 Å². The molecule has 7 nitrogen and oxygen atoms in total. The molecule has 0 bridgehead atoms. The Bertz CT molecular complexity index is 1400. The van der Waals surface area contributed by atoms with Crippen LogP contribution >= 0.6 is 11.3 Å². The Balaban J connectivity index is 1.51. The second-order valence-electron chi connectivity index (χ2n) is 6.78. The quantitative estimate of drug-likeness (QED) is 0.473. The van der Waals surface area contributed by atoms with Crippen molar-refractivity contribution in [3.63, 3.8) is 0 Å². The second-order valence-corrected chi connectivity index (χ2v) is 9.82. The van der Waals surface area contributed by atoms with Crippen molar-refractivity contribution in [3.8, 4) is 0 Å². The van der Waals surface area contributed by atoms with Crippen LogP contribution in [0.3, 0.4) is 0 Å². The van der Waals surface area contributed by atoms with Gasteiger partial charge < -0.3 is 5.32 Å². The van der Waals surface area contributed by atoms with E-state index in [-0.39, 0.29) is 10.8 Å². The van der Waals surface area contributed by atoms with Gasteiger partial charge >= 0.3 is 0 Å². The molecule has 2 N–H and O–H groups in total. The Hall–Kier alpha value is -3.56. The zero-order chi connectivity index (χ0) is 22.0. The first-order valence-corrected chi connectivity index (χ1v) is 11.9. The lowest BCUT2D eigenvalue weighted by molar-refractivity contribution is 0.101. The molecule has 0 spiro atoms. The Morgan fingerprint density at radius 2 is 1.55 bits per heavy atom. The minimum Gasteiger partial charge on any atom is -0.322 e. The van der Waals surface area contributed by atoms with Crippen LogP contribution in [0.1, 0.15) is 20.7 Å². The van der Waals surface area contributed by atoms with Crippen molar-refractivity contribution in [2.45, 2.75) is 4.90 Å². The molecule has 0 aliphatic carbocycles. The number of rotatable bonds is 5. The summed E-state index contributed by atoms with van der Waals surface area (Å²) in [6, 6.07) is 20.0. The van der Waals surface area contributed by atoms with Crippen LogP contribution in [0.5, 0.6) is 0 Å². The van der Waals surface area contributed by atoms with Crippen LogP contribution in [0.2, 0.25) is 0 Å². The maximum atomic E-state index is 12.7. The molecule has 2 amide bonds. The number of carbonyl (C=O) groups excluding carboxylic acids is 2. The number of anilines is 2. The highest BCUT2D eigenvalue weighted by Crippen LogP contribution is 2.28. The minimum atomic E-state index is -3.33. The lowest BCUT2D eigenvalue weighted by Crippen LogP contribution is -2.14. The molecule has 0 saturated heterocycles. The van der Waals surface area contributed by atoms with Crippen molar-refractivity contribution in [2.75, 3.05) is 16.9 Å². The molecule has 4 aromatic rings. The third-order valence-corrected chi connectivity index (χ3v) is 6.47. The minimum absolute atomic E-state index is 0.198. The van der Waals surface area contributed by atoms with E-state index in [9.17, 15) is 18.0 Å². The number of carbonyl (C=O) groups is 2. The molecule has 4 rings (SSSR count). The normalized spacial score (nSPS) is 11.3. The molecular weight excluding hydrogens is 434 g/mol. The zero-order valence-corrected chi connectivity index (χ0v) is 18.0. The molecule has 0 saturated carbocycles. The van der Waals surface area contributed by atoms with Crippen LogP contribution in [0, 0.1) is 0 Å². The average Bonchev–Trinajstić information content (AvgIpc) is 3.15. The third-order valence-electron chi connectivity index (χ3n) is 4.43. The van der Waals surface area contributed by atoms with Gasteiger partial charge in [-0.2, -0.15) is 0 Å². The van der Waals surface area contributed by atoms with E-state index in [1.165, 1.54) is 23.5 Å². The SMILES string of the molecule is CS(=O)(=O)c1ccc2nc(NC(=O)c3cccc(NC(=O)c4ccccc4)c3)sc2c1. The number of hydrogen-bond acceptors (Lipinski definition) is 6. The van der Waals surface area contributed by atoms with E-state index in [1.807, 2.05) is 6.07 Å². The van der Waals surface area contributed by atoms with Gasteiger partial charge in [0.25, 0.3) is 11.8 Å². The number of hydrogen-bond donors (Lipinski definition) is 2. The highest BCUT2D eigenvalue weighted by molar-refractivity contribution is 7.90. The van der Waals surface area contributed by atoms with Crippen LogP contribution in [-0.2, 0) is 9.84 Å². The van der Waals surface area contributed by atoms with Crippen molar-refractivity contribution in [1.29, 1.82) is 0 Å². The molecule has 1 aromatic heterocycles. The number of fused-ring (bicyclic) bond motifs is 1. The van der Waals surface area contributed by atoms with E-state index >= 15 is 0 Å². The van der Waals surface area contributed by atoms with Gasteiger partial charge in [-0.05, 0) is 48.5 Å². The topological polar surface area (TPSA) is 105 Å². The van der Waals surface area contributed by atoms with Crippen molar-refractivity contribution in [1.82, 2.24) is 4.98 Å². The van der Waals surface area contributed by atoms with Crippen LogP contribution in [0.15, 0.2) is 77.7 Å². The molecule has 31 heavy (non-hydrogen) atoms. The van der Waals surface area contributed by atoms with Crippen molar-refractivity contribution < 1.29 is 18.0 Å². The summed E-state index contributed by atoms with van der Waals surface area (Å²) < 4.78 is 24.1. The second kappa shape index (κ2) is 8.29. The predicted molar refractivity (Wildman–Crippen MR) is 122 cm³/mol. The summed E-state index contributed by atoms with van der Waals surface area (Å²) in [4.78, 5) is 29.5. The number of benzene rings is 3. The fraction of sp³-hybridized carbons (Fsp3) is 0.0455. The summed E-state index contributed by atoms with van der Waals surface area (Å²) >= 11 is 1.19. The smallest absolute Gasteiger partial charge is 0.257 e. The summed E-state index contributed by atoms with van der Waals surface area (Å²) in [5, 5.41) is 5.85. The number of sulfone groups is 1. The Labute approximate surface area is 182 Å². The molecule has 0 atom stereocenters.